The Labute approximate surface area is 105 Å². The van der Waals surface area contributed by atoms with Gasteiger partial charge in [0, 0.05) is 18.2 Å². The number of carbonyl (C=O) groups excluding carboxylic acids is 1. The van der Waals surface area contributed by atoms with Gasteiger partial charge in [0.25, 0.3) is 5.91 Å². The van der Waals surface area contributed by atoms with Gasteiger partial charge in [-0.3, -0.25) is 9.59 Å². The maximum Gasteiger partial charge on any atom is 0.303 e. The highest BCUT2D eigenvalue weighted by Gasteiger charge is 2.13. The number of aliphatic carboxylic acids is 1. The highest BCUT2D eigenvalue weighted by Crippen LogP contribution is 2.15. The van der Waals surface area contributed by atoms with E-state index in [0.717, 1.165) is 5.69 Å². The minimum Gasteiger partial charge on any atom is -0.481 e. The first-order valence-electron chi connectivity index (χ1n) is 5.66. The summed E-state index contributed by atoms with van der Waals surface area (Å²) in [5.74, 6) is -1.01. The molecule has 1 heterocycles. The molecule has 0 aromatic carbocycles. The van der Waals surface area contributed by atoms with Gasteiger partial charge >= 0.3 is 5.97 Å². The average Bonchev–Trinajstić information content (AvgIpc) is 2.26. The number of carboxylic acid groups (broad SMARTS) is 1. The maximum atomic E-state index is 11.2. The quantitative estimate of drug-likeness (QED) is 0.703. The monoisotopic (exact) mass is 251 g/mol. The zero-order valence-corrected chi connectivity index (χ0v) is 10.4. The first-order valence-corrected chi connectivity index (χ1v) is 5.66. The third-order valence-electron chi connectivity index (χ3n) is 2.47. The highest BCUT2D eigenvalue weighted by molar-refractivity contribution is 5.97. The molecule has 18 heavy (non-hydrogen) atoms. The molecule has 0 aliphatic heterocycles. The van der Waals surface area contributed by atoms with E-state index in [2.05, 4.69) is 10.3 Å². The van der Waals surface area contributed by atoms with Crippen LogP contribution in [0.3, 0.4) is 0 Å². The predicted molar refractivity (Wildman–Crippen MR) is 67.4 cm³/mol. The van der Waals surface area contributed by atoms with E-state index < -0.39 is 11.9 Å². The molecule has 4 N–H and O–H groups in total. The van der Waals surface area contributed by atoms with E-state index in [4.69, 9.17) is 10.8 Å². The van der Waals surface area contributed by atoms with Gasteiger partial charge in [-0.05, 0) is 32.4 Å². The van der Waals surface area contributed by atoms with Crippen LogP contribution in [0, 0.1) is 6.92 Å². The van der Waals surface area contributed by atoms with E-state index >= 15 is 0 Å². The zero-order valence-electron chi connectivity index (χ0n) is 10.4. The molecule has 1 unspecified atom stereocenters. The molecule has 0 saturated heterocycles. The van der Waals surface area contributed by atoms with Crippen molar-refractivity contribution in [3.63, 3.8) is 0 Å². The summed E-state index contributed by atoms with van der Waals surface area (Å²) < 4.78 is 0. The van der Waals surface area contributed by atoms with Crippen molar-refractivity contribution in [1.29, 1.82) is 0 Å². The molecule has 0 bridgehead atoms. The van der Waals surface area contributed by atoms with Crippen molar-refractivity contribution in [2.24, 2.45) is 5.73 Å². The van der Waals surface area contributed by atoms with Crippen molar-refractivity contribution in [3.05, 3.63) is 23.4 Å². The smallest absolute Gasteiger partial charge is 0.303 e. The maximum absolute atomic E-state index is 11.2. The third kappa shape index (κ3) is 4.04. The Hall–Kier alpha value is -2.11. The summed E-state index contributed by atoms with van der Waals surface area (Å²) >= 11 is 0. The first-order chi connectivity index (χ1) is 8.40. The lowest BCUT2D eigenvalue weighted by atomic mass is 10.1. The second kappa shape index (κ2) is 6.00. The largest absolute Gasteiger partial charge is 0.481 e. The van der Waals surface area contributed by atoms with Gasteiger partial charge in [-0.15, -0.1) is 0 Å². The molecule has 1 rings (SSSR count). The lowest BCUT2D eigenvalue weighted by Crippen LogP contribution is -2.22. The summed E-state index contributed by atoms with van der Waals surface area (Å²) in [6, 6.07) is 3.21. The number of amides is 1. The van der Waals surface area contributed by atoms with Gasteiger partial charge in [-0.1, -0.05) is 0 Å². The number of anilines is 1. The van der Waals surface area contributed by atoms with Crippen molar-refractivity contribution >= 4 is 17.7 Å². The Morgan fingerprint density at radius 3 is 2.72 bits per heavy atom. The Morgan fingerprint density at radius 2 is 2.17 bits per heavy atom. The second-order valence-corrected chi connectivity index (χ2v) is 4.19. The molecular weight excluding hydrogens is 234 g/mol. The average molecular weight is 251 g/mol. The lowest BCUT2D eigenvalue weighted by molar-refractivity contribution is -0.137. The number of primary amides is 1. The number of pyridine rings is 1. The van der Waals surface area contributed by atoms with Crippen LogP contribution in [-0.4, -0.2) is 28.0 Å². The Morgan fingerprint density at radius 1 is 1.50 bits per heavy atom. The predicted octanol–water partition coefficient (Wildman–Crippen LogP) is 1.15. The number of nitrogens with zero attached hydrogens (tertiary/aromatic N) is 1. The van der Waals surface area contributed by atoms with Crippen LogP contribution in [0.25, 0.3) is 0 Å². The minimum atomic E-state index is -0.851. The fraction of sp³-hybridized carbons (Fsp3) is 0.417. The normalized spacial score (nSPS) is 11.9. The number of nitrogens with two attached hydrogens (primary N) is 1. The molecule has 0 saturated carbocycles. The molecule has 98 valence electrons. The van der Waals surface area contributed by atoms with E-state index in [-0.39, 0.29) is 12.5 Å². The number of nitrogens with one attached hydrogen (secondary N) is 1. The molecule has 1 amide bonds. The Bertz CT molecular complexity index is 460. The minimum absolute atomic E-state index is 0.0614. The molecule has 1 aromatic rings. The summed E-state index contributed by atoms with van der Waals surface area (Å²) in [7, 11) is 0. The Kier molecular flexibility index (Phi) is 4.65. The Balaban J connectivity index is 2.79. The highest BCUT2D eigenvalue weighted by atomic mass is 16.4. The van der Waals surface area contributed by atoms with Crippen molar-refractivity contribution in [2.45, 2.75) is 32.7 Å². The number of hydrogen-bond donors (Lipinski definition) is 3. The van der Waals surface area contributed by atoms with Gasteiger partial charge in [0.05, 0.1) is 5.56 Å². The number of aromatic nitrogens is 1. The number of carboxylic acids is 1. The fourth-order valence-corrected chi connectivity index (χ4v) is 1.51. The van der Waals surface area contributed by atoms with Crippen molar-refractivity contribution < 1.29 is 14.7 Å². The molecule has 6 heteroatoms. The molecule has 0 spiro atoms. The van der Waals surface area contributed by atoms with E-state index in [1.807, 2.05) is 6.92 Å². The van der Waals surface area contributed by atoms with Crippen molar-refractivity contribution in [1.82, 2.24) is 4.98 Å². The van der Waals surface area contributed by atoms with Crippen LogP contribution in [0.1, 0.15) is 35.8 Å². The van der Waals surface area contributed by atoms with Gasteiger partial charge in [-0.2, -0.15) is 0 Å². The zero-order chi connectivity index (χ0) is 13.7. The summed E-state index contributed by atoms with van der Waals surface area (Å²) in [5.41, 5.74) is 6.31. The number of carbonyl (C=O) groups is 2. The fourth-order valence-electron chi connectivity index (χ4n) is 1.51. The summed E-state index contributed by atoms with van der Waals surface area (Å²) in [6.07, 6.45) is 0.509. The number of hydrogen-bond acceptors (Lipinski definition) is 4. The molecule has 1 aromatic heterocycles. The van der Waals surface area contributed by atoms with Crippen molar-refractivity contribution in [2.75, 3.05) is 5.32 Å². The van der Waals surface area contributed by atoms with Crippen LogP contribution >= 0.6 is 0 Å². The summed E-state index contributed by atoms with van der Waals surface area (Å²) in [6.45, 7) is 3.63. The standard InChI is InChI=1S/C12H17N3O3/c1-7-3-5-9(11(13)18)12(14-7)15-8(2)4-6-10(16)17/h3,5,8H,4,6H2,1-2H3,(H2,13,18)(H,14,15)(H,16,17). The van der Waals surface area contributed by atoms with Crippen LogP contribution in [-0.2, 0) is 4.79 Å². The van der Waals surface area contributed by atoms with Gasteiger partial charge in [0.15, 0.2) is 0 Å². The molecular formula is C12H17N3O3. The molecule has 0 aliphatic rings. The first kappa shape index (κ1) is 14.0. The van der Waals surface area contributed by atoms with E-state index in [1.54, 1.807) is 19.1 Å². The van der Waals surface area contributed by atoms with Crippen LogP contribution in [0.2, 0.25) is 0 Å². The summed E-state index contributed by atoms with van der Waals surface area (Å²) in [4.78, 5) is 25.9. The molecule has 0 radical (unpaired) electrons. The van der Waals surface area contributed by atoms with E-state index in [0.29, 0.717) is 17.8 Å². The molecule has 1 atom stereocenters. The second-order valence-electron chi connectivity index (χ2n) is 4.19. The van der Waals surface area contributed by atoms with Crippen LogP contribution in [0.15, 0.2) is 12.1 Å². The van der Waals surface area contributed by atoms with Crippen LogP contribution < -0.4 is 11.1 Å². The number of aryl methyl sites for hydroxylation is 1. The lowest BCUT2D eigenvalue weighted by Gasteiger charge is -2.15. The SMILES string of the molecule is Cc1ccc(C(N)=O)c(NC(C)CCC(=O)O)n1. The number of rotatable bonds is 6. The molecule has 0 fully saturated rings. The topological polar surface area (TPSA) is 105 Å². The van der Waals surface area contributed by atoms with Gasteiger partial charge < -0.3 is 16.2 Å². The van der Waals surface area contributed by atoms with Crippen LogP contribution in [0.5, 0.6) is 0 Å². The van der Waals surface area contributed by atoms with Gasteiger partial charge in [0.1, 0.15) is 5.82 Å². The van der Waals surface area contributed by atoms with E-state index in [1.165, 1.54) is 0 Å². The third-order valence-corrected chi connectivity index (χ3v) is 2.47. The van der Waals surface area contributed by atoms with Crippen molar-refractivity contribution in [3.8, 4) is 0 Å². The van der Waals surface area contributed by atoms with Gasteiger partial charge in [-0.25, -0.2) is 4.98 Å². The summed E-state index contributed by atoms with van der Waals surface area (Å²) in [5, 5.41) is 11.6. The van der Waals surface area contributed by atoms with E-state index in [9.17, 15) is 9.59 Å². The molecule has 6 nitrogen and oxygen atoms in total. The molecule has 0 aliphatic carbocycles. The van der Waals surface area contributed by atoms with Gasteiger partial charge in [0.2, 0.25) is 0 Å². The van der Waals surface area contributed by atoms with Crippen LogP contribution in [0.4, 0.5) is 5.82 Å².